The van der Waals surface area contributed by atoms with Gasteiger partial charge in [0.25, 0.3) is 0 Å². The summed E-state index contributed by atoms with van der Waals surface area (Å²) in [5.41, 5.74) is 1.70. The molecule has 0 fully saturated rings. The summed E-state index contributed by atoms with van der Waals surface area (Å²) >= 11 is 0. The maximum atomic E-state index is 13.2. The molecule has 0 unspecified atom stereocenters. The Labute approximate surface area is 258 Å². The molecule has 44 heavy (non-hydrogen) atoms. The Balaban J connectivity index is 2.03. The van der Waals surface area contributed by atoms with Crippen molar-refractivity contribution in [3.63, 3.8) is 0 Å². The number of carbonyl (C=O) groups excluding carboxylic acids is 4. The quantitative estimate of drug-likeness (QED) is 0.132. The molecular weight excluding hydrogens is 566 g/mol. The molecule has 0 heterocycles. The van der Waals surface area contributed by atoms with Crippen LogP contribution in [0.25, 0.3) is 0 Å². The molecular formula is C33H43N3O8. The molecule has 0 radical (unpaired) electrons. The van der Waals surface area contributed by atoms with Crippen molar-refractivity contribution in [1.29, 1.82) is 0 Å². The third kappa shape index (κ3) is 14.1. The third-order valence-corrected chi connectivity index (χ3v) is 6.33. The Bertz CT molecular complexity index is 1190. The number of aliphatic hydroxyl groups excluding tert-OH is 1. The van der Waals surface area contributed by atoms with Crippen LogP contribution in [0, 0.1) is 5.92 Å². The Morgan fingerprint density at radius 2 is 1.43 bits per heavy atom. The molecule has 0 aromatic heterocycles. The minimum Gasteiger partial charge on any atom is -0.462 e. The zero-order chi connectivity index (χ0) is 32.2. The van der Waals surface area contributed by atoms with Crippen LogP contribution in [0.3, 0.4) is 0 Å². The average Bonchev–Trinajstić information content (AvgIpc) is 3.02. The molecule has 238 valence electrons. The molecule has 0 aliphatic heterocycles. The van der Waals surface area contributed by atoms with Crippen molar-refractivity contribution in [1.82, 2.24) is 16.0 Å². The molecule has 11 heteroatoms. The molecule has 4 N–H and O–H groups in total. The van der Waals surface area contributed by atoms with Gasteiger partial charge < -0.3 is 35.3 Å². The molecule has 0 bridgehead atoms. The predicted molar refractivity (Wildman–Crippen MR) is 165 cm³/mol. The highest BCUT2D eigenvalue weighted by molar-refractivity contribution is 5.86. The topological polar surface area (TPSA) is 152 Å². The van der Waals surface area contributed by atoms with Crippen LogP contribution < -0.4 is 16.0 Å². The van der Waals surface area contributed by atoms with Crippen LogP contribution in [-0.2, 0) is 41.8 Å². The summed E-state index contributed by atoms with van der Waals surface area (Å²) in [6.07, 6.45) is 2.39. The van der Waals surface area contributed by atoms with E-state index in [4.69, 9.17) is 14.2 Å². The first-order valence-corrected chi connectivity index (χ1v) is 14.4. The van der Waals surface area contributed by atoms with E-state index in [1.807, 2.05) is 48.5 Å². The van der Waals surface area contributed by atoms with Gasteiger partial charge in [0.2, 0.25) is 11.8 Å². The third-order valence-electron chi connectivity index (χ3n) is 6.33. The SMILES string of the molecule is C=CC[C@@H](CC(=O)N[C@H](C)CO)C(=O)N[C@@H](COCc1ccccc1)COC(=O)[C@@H](CC=C)NC(=O)OCc1ccccc1. The second-order valence-corrected chi connectivity index (χ2v) is 10.2. The number of esters is 1. The van der Waals surface area contributed by atoms with Gasteiger partial charge in [-0.1, -0.05) is 72.8 Å². The second kappa shape index (κ2) is 20.4. The van der Waals surface area contributed by atoms with Crippen LogP contribution in [-0.4, -0.2) is 66.9 Å². The normalized spacial score (nSPS) is 13.3. The lowest BCUT2D eigenvalue weighted by Gasteiger charge is -2.24. The minimum absolute atomic E-state index is 0.00113. The number of carbonyl (C=O) groups is 4. The summed E-state index contributed by atoms with van der Waals surface area (Å²) < 4.78 is 16.5. The summed E-state index contributed by atoms with van der Waals surface area (Å²) in [4.78, 5) is 50.9. The summed E-state index contributed by atoms with van der Waals surface area (Å²) in [5.74, 6) is -2.34. The summed E-state index contributed by atoms with van der Waals surface area (Å²) in [6, 6.07) is 16.2. The monoisotopic (exact) mass is 609 g/mol. The largest absolute Gasteiger partial charge is 0.462 e. The number of alkyl carbamates (subject to hydrolysis) is 1. The van der Waals surface area contributed by atoms with E-state index in [1.54, 1.807) is 19.1 Å². The lowest BCUT2D eigenvalue weighted by atomic mass is 9.99. The molecule has 0 saturated heterocycles. The zero-order valence-electron chi connectivity index (χ0n) is 25.1. The number of ether oxygens (including phenoxy) is 3. The predicted octanol–water partition coefficient (Wildman–Crippen LogP) is 3.18. The Hall–Kier alpha value is -4.48. The maximum absolute atomic E-state index is 13.2. The molecule has 4 atom stereocenters. The van der Waals surface area contributed by atoms with Gasteiger partial charge in [0.05, 0.1) is 31.8 Å². The summed E-state index contributed by atoms with van der Waals surface area (Å²) in [7, 11) is 0. The molecule has 2 rings (SSSR count). The maximum Gasteiger partial charge on any atom is 0.408 e. The Morgan fingerprint density at radius 3 is 2.02 bits per heavy atom. The zero-order valence-corrected chi connectivity index (χ0v) is 25.1. The van der Waals surface area contributed by atoms with Crippen LogP contribution in [0.15, 0.2) is 86.0 Å². The van der Waals surface area contributed by atoms with E-state index in [0.29, 0.717) is 0 Å². The molecule has 0 aliphatic carbocycles. The number of nitrogens with one attached hydrogen (secondary N) is 3. The van der Waals surface area contributed by atoms with Crippen molar-refractivity contribution in [3.05, 3.63) is 97.1 Å². The van der Waals surface area contributed by atoms with Crippen LogP contribution >= 0.6 is 0 Å². The van der Waals surface area contributed by atoms with Gasteiger partial charge in [0.1, 0.15) is 19.3 Å². The van der Waals surface area contributed by atoms with Crippen LogP contribution in [0.2, 0.25) is 0 Å². The van der Waals surface area contributed by atoms with Crippen LogP contribution in [0.1, 0.15) is 37.3 Å². The van der Waals surface area contributed by atoms with E-state index in [9.17, 15) is 24.3 Å². The Morgan fingerprint density at radius 1 is 0.818 bits per heavy atom. The first kappa shape index (κ1) is 35.7. The molecule has 0 spiro atoms. The standard InChI is InChI=1S/C33H43N3O8/c1-4-12-27(18-30(38)34-24(3)19-37)31(39)35-28(22-42-20-25-14-8-6-9-15-25)23-43-32(40)29(13-5-2)36-33(41)44-21-26-16-10-7-11-17-26/h4-11,14-17,24,27-29,37H,1-2,12-13,18-23H2,3H3,(H,34,38)(H,35,39)(H,36,41)/t24-,27+,28+,29-/m1/s1. The van der Waals surface area contributed by atoms with E-state index < -0.39 is 47.9 Å². The van der Waals surface area contributed by atoms with Gasteiger partial charge in [-0.05, 0) is 30.9 Å². The summed E-state index contributed by atoms with van der Waals surface area (Å²) in [6.45, 7) is 8.76. The number of amides is 3. The first-order chi connectivity index (χ1) is 21.2. The van der Waals surface area contributed by atoms with Crippen LogP contribution in [0.5, 0.6) is 0 Å². The van der Waals surface area contributed by atoms with Crippen molar-refractivity contribution in [2.24, 2.45) is 5.92 Å². The highest BCUT2D eigenvalue weighted by Crippen LogP contribution is 2.12. The van der Waals surface area contributed by atoms with Crippen LogP contribution in [0.4, 0.5) is 4.79 Å². The number of benzene rings is 2. The van der Waals surface area contributed by atoms with Gasteiger partial charge in [0.15, 0.2) is 0 Å². The van der Waals surface area contributed by atoms with Gasteiger partial charge in [-0.25, -0.2) is 9.59 Å². The highest BCUT2D eigenvalue weighted by Gasteiger charge is 2.27. The highest BCUT2D eigenvalue weighted by atomic mass is 16.6. The number of hydrogen-bond acceptors (Lipinski definition) is 8. The molecule has 3 amide bonds. The lowest BCUT2D eigenvalue weighted by Crippen LogP contribution is -2.47. The van der Waals surface area contributed by atoms with E-state index in [1.165, 1.54) is 12.2 Å². The number of hydrogen-bond donors (Lipinski definition) is 4. The van der Waals surface area contributed by atoms with Gasteiger partial charge in [-0.15, -0.1) is 13.2 Å². The fraction of sp³-hybridized carbons (Fsp3) is 0.394. The first-order valence-electron chi connectivity index (χ1n) is 14.4. The molecule has 11 nitrogen and oxygen atoms in total. The number of allylic oxidation sites excluding steroid dienone is 1. The van der Waals surface area contributed by atoms with E-state index in [2.05, 4.69) is 29.1 Å². The van der Waals surface area contributed by atoms with Gasteiger partial charge in [-0.3, -0.25) is 9.59 Å². The second-order valence-electron chi connectivity index (χ2n) is 10.2. The molecule has 2 aromatic rings. The minimum atomic E-state index is -1.07. The lowest BCUT2D eigenvalue weighted by molar-refractivity contribution is -0.148. The van der Waals surface area contributed by atoms with Gasteiger partial charge >= 0.3 is 12.1 Å². The van der Waals surface area contributed by atoms with Gasteiger partial charge in [0, 0.05) is 12.5 Å². The molecule has 2 aromatic carbocycles. The average molecular weight is 610 g/mol. The van der Waals surface area contributed by atoms with Crippen molar-refractivity contribution >= 4 is 23.9 Å². The van der Waals surface area contributed by atoms with Crippen molar-refractivity contribution in [2.75, 3.05) is 19.8 Å². The number of rotatable bonds is 20. The Kier molecular flexibility index (Phi) is 16.6. The summed E-state index contributed by atoms with van der Waals surface area (Å²) in [5, 5.41) is 17.2. The van der Waals surface area contributed by atoms with E-state index in [0.717, 1.165) is 11.1 Å². The van der Waals surface area contributed by atoms with Crippen molar-refractivity contribution in [2.45, 2.75) is 57.5 Å². The number of aliphatic hydroxyl groups is 1. The van der Waals surface area contributed by atoms with E-state index >= 15 is 0 Å². The van der Waals surface area contributed by atoms with Gasteiger partial charge in [-0.2, -0.15) is 0 Å². The fourth-order valence-electron chi connectivity index (χ4n) is 4.00. The smallest absolute Gasteiger partial charge is 0.408 e. The molecule has 0 saturated carbocycles. The fourth-order valence-corrected chi connectivity index (χ4v) is 4.00. The van der Waals surface area contributed by atoms with E-state index in [-0.39, 0.29) is 52.3 Å². The van der Waals surface area contributed by atoms with Crippen molar-refractivity contribution < 1.29 is 38.5 Å². The van der Waals surface area contributed by atoms with Crippen molar-refractivity contribution in [3.8, 4) is 0 Å². The molecule has 0 aliphatic rings.